The quantitative estimate of drug-likeness (QED) is 0.898. The van der Waals surface area contributed by atoms with Gasteiger partial charge in [-0.25, -0.2) is 4.79 Å². The van der Waals surface area contributed by atoms with Gasteiger partial charge in [0.2, 0.25) is 5.91 Å². The molecule has 0 aliphatic carbocycles. The molecule has 1 heterocycles. The highest BCUT2D eigenvalue weighted by molar-refractivity contribution is 5.94. The smallest absolute Gasteiger partial charge is 0.322 e. The number of nitrogens with one attached hydrogen (secondary N) is 2. The van der Waals surface area contributed by atoms with Crippen LogP contribution in [0.15, 0.2) is 24.3 Å². The molecule has 120 valence electrons. The molecule has 1 saturated heterocycles. The third kappa shape index (κ3) is 4.23. The fourth-order valence-electron chi connectivity index (χ4n) is 2.62. The third-order valence-corrected chi connectivity index (χ3v) is 3.77. The van der Waals surface area contributed by atoms with Gasteiger partial charge in [-0.15, -0.1) is 0 Å². The van der Waals surface area contributed by atoms with Crippen molar-refractivity contribution in [2.75, 3.05) is 18.4 Å². The van der Waals surface area contributed by atoms with Gasteiger partial charge in [0.25, 0.3) is 0 Å². The number of rotatable bonds is 4. The number of aryl methyl sites for hydroxylation is 1. The summed E-state index contributed by atoms with van der Waals surface area (Å²) in [7, 11) is 0. The van der Waals surface area contributed by atoms with Crippen LogP contribution >= 0.6 is 0 Å². The summed E-state index contributed by atoms with van der Waals surface area (Å²) in [5.74, 6) is 0.352. The van der Waals surface area contributed by atoms with Crippen LogP contribution in [0.3, 0.4) is 0 Å². The zero-order chi connectivity index (χ0) is 16.1. The van der Waals surface area contributed by atoms with Gasteiger partial charge in [-0.05, 0) is 43.4 Å². The van der Waals surface area contributed by atoms with Gasteiger partial charge in [-0.3, -0.25) is 4.79 Å². The molecule has 1 aromatic carbocycles. The lowest BCUT2D eigenvalue weighted by Crippen LogP contribution is -2.48. The van der Waals surface area contributed by atoms with E-state index in [2.05, 4.69) is 24.5 Å². The van der Waals surface area contributed by atoms with Crippen LogP contribution in [0.25, 0.3) is 0 Å². The van der Waals surface area contributed by atoms with E-state index in [1.165, 1.54) is 0 Å². The molecule has 1 aliphatic heterocycles. The van der Waals surface area contributed by atoms with E-state index in [9.17, 15) is 9.59 Å². The monoisotopic (exact) mass is 303 g/mol. The van der Waals surface area contributed by atoms with Gasteiger partial charge in [0.15, 0.2) is 0 Å². The van der Waals surface area contributed by atoms with Crippen LogP contribution in [0, 0.1) is 12.8 Å². The first kappa shape index (κ1) is 16.3. The Kier molecular flexibility index (Phi) is 5.41. The van der Waals surface area contributed by atoms with E-state index in [1.54, 1.807) is 4.90 Å². The topological polar surface area (TPSA) is 61.4 Å². The van der Waals surface area contributed by atoms with Gasteiger partial charge in [-0.2, -0.15) is 0 Å². The van der Waals surface area contributed by atoms with Crippen molar-refractivity contribution in [3.05, 3.63) is 29.8 Å². The Labute approximate surface area is 132 Å². The highest BCUT2D eigenvalue weighted by Gasteiger charge is 2.34. The minimum Gasteiger partial charge on any atom is -0.354 e. The van der Waals surface area contributed by atoms with E-state index in [0.717, 1.165) is 24.1 Å². The summed E-state index contributed by atoms with van der Waals surface area (Å²) in [6, 6.07) is 7.10. The molecule has 0 spiro atoms. The highest BCUT2D eigenvalue weighted by atomic mass is 16.2. The van der Waals surface area contributed by atoms with Crippen molar-refractivity contribution in [2.24, 2.45) is 5.92 Å². The lowest BCUT2D eigenvalue weighted by Gasteiger charge is -2.24. The van der Waals surface area contributed by atoms with Gasteiger partial charge >= 0.3 is 6.03 Å². The number of hydrogen-bond donors (Lipinski definition) is 2. The van der Waals surface area contributed by atoms with Crippen molar-refractivity contribution in [1.29, 1.82) is 0 Å². The predicted molar refractivity (Wildman–Crippen MR) is 87.8 cm³/mol. The van der Waals surface area contributed by atoms with Crippen molar-refractivity contribution in [1.82, 2.24) is 10.2 Å². The lowest BCUT2D eigenvalue weighted by molar-refractivity contribution is -0.124. The van der Waals surface area contributed by atoms with Crippen LogP contribution in [0.1, 0.15) is 32.3 Å². The molecule has 0 aromatic heterocycles. The number of urea groups is 1. The summed E-state index contributed by atoms with van der Waals surface area (Å²) < 4.78 is 0. The maximum Gasteiger partial charge on any atom is 0.322 e. The van der Waals surface area contributed by atoms with Crippen molar-refractivity contribution in [3.63, 3.8) is 0 Å². The first-order valence-electron chi connectivity index (χ1n) is 7.89. The molecular weight excluding hydrogens is 278 g/mol. The molecule has 1 fully saturated rings. The van der Waals surface area contributed by atoms with Crippen LogP contribution in [-0.2, 0) is 4.79 Å². The molecular formula is C17H25N3O2. The summed E-state index contributed by atoms with van der Waals surface area (Å²) in [6.07, 6.45) is 1.59. The van der Waals surface area contributed by atoms with Crippen molar-refractivity contribution in [3.8, 4) is 0 Å². The lowest BCUT2D eigenvalue weighted by atomic mass is 10.2. The number of hydrogen-bond acceptors (Lipinski definition) is 2. The van der Waals surface area contributed by atoms with Crippen LogP contribution in [-0.4, -0.2) is 36.0 Å². The first-order chi connectivity index (χ1) is 10.5. The second-order valence-corrected chi connectivity index (χ2v) is 6.29. The number of benzene rings is 1. The minimum atomic E-state index is -0.358. The molecule has 0 saturated carbocycles. The number of carbonyl (C=O) groups excluding carboxylic acids is 2. The summed E-state index contributed by atoms with van der Waals surface area (Å²) in [6.45, 7) is 7.35. The van der Waals surface area contributed by atoms with E-state index in [0.29, 0.717) is 19.0 Å². The molecule has 1 atom stereocenters. The third-order valence-electron chi connectivity index (χ3n) is 3.77. The Bertz CT molecular complexity index is 542. The van der Waals surface area contributed by atoms with Crippen molar-refractivity contribution in [2.45, 2.75) is 39.7 Å². The highest BCUT2D eigenvalue weighted by Crippen LogP contribution is 2.19. The maximum atomic E-state index is 12.4. The number of carbonyl (C=O) groups is 2. The molecule has 0 unspecified atom stereocenters. The minimum absolute atomic E-state index is 0.0504. The average Bonchev–Trinajstić information content (AvgIpc) is 2.94. The number of likely N-dealkylation sites (tertiary alicyclic amines) is 1. The molecule has 22 heavy (non-hydrogen) atoms. The van der Waals surface area contributed by atoms with Crippen molar-refractivity contribution < 1.29 is 9.59 Å². The van der Waals surface area contributed by atoms with Crippen LogP contribution in [0.4, 0.5) is 10.5 Å². The Morgan fingerprint density at radius 3 is 2.82 bits per heavy atom. The van der Waals surface area contributed by atoms with Gasteiger partial charge in [0.05, 0.1) is 0 Å². The van der Waals surface area contributed by atoms with Gasteiger partial charge in [0, 0.05) is 18.8 Å². The van der Waals surface area contributed by atoms with E-state index in [-0.39, 0.29) is 18.0 Å². The molecule has 2 N–H and O–H groups in total. The zero-order valence-corrected chi connectivity index (χ0v) is 13.6. The summed E-state index contributed by atoms with van der Waals surface area (Å²) >= 11 is 0. The molecule has 2 rings (SSSR count). The van der Waals surface area contributed by atoms with Crippen LogP contribution in [0.5, 0.6) is 0 Å². The average molecular weight is 303 g/mol. The number of anilines is 1. The Morgan fingerprint density at radius 1 is 1.36 bits per heavy atom. The second kappa shape index (κ2) is 7.29. The SMILES string of the molecule is Cc1cccc(NC(=O)N2CCC[C@@H]2C(=O)NCC(C)C)c1. The van der Waals surface area contributed by atoms with Crippen molar-refractivity contribution >= 4 is 17.6 Å². The fourth-order valence-corrected chi connectivity index (χ4v) is 2.62. The molecule has 1 aromatic rings. The molecule has 0 radical (unpaired) electrons. The second-order valence-electron chi connectivity index (χ2n) is 6.29. The number of amides is 3. The fraction of sp³-hybridized carbons (Fsp3) is 0.529. The van der Waals surface area contributed by atoms with E-state index in [1.807, 2.05) is 31.2 Å². The maximum absolute atomic E-state index is 12.4. The van der Waals surface area contributed by atoms with Gasteiger partial charge in [-0.1, -0.05) is 26.0 Å². The van der Waals surface area contributed by atoms with Gasteiger partial charge in [0.1, 0.15) is 6.04 Å². The van der Waals surface area contributed by atoms with Crippen LogP contribution < -0.4 is 10.6 Å². The van der Waals surface area contributed by atoms with Gasteiger partial charge < -0.3 is 15.5 Å². The molecule has 0 bridgehead atoms. The summed E-state index contributed by atoms with van der Waals surface area (Å²) in [5, 5.41) is 5.80. The Balaban J connectivity index is 1.97. The molecule has 1 aliphatic rings. The normalized spacial score (nSPS) is 17.6. The van der Waals surface area contributed by atoms with Crippen LogP contribution in [0.2, 0.25) is 0 Å². The molecule has 5 heteroatoms. The Morgan fingerprint density at radius 2 is 2.14 bits per heavy atom. The summed E-state index contributed by atoms with van der Waals surface area (Å²) in [5.41, 5.74) is 1.85. The molecule has 5 nitrogen and oxygen atoms in total. The van der Waals surface area contributed by atoms with E-state index < -0.39 is 0 Å². The first-order valence-corrected chi connectivity index (χ1v) is 7.89. The predicted octanol–water partition coefficient (Wildman–Crippen LogP) is 2.76. The number of nitrogens with zero attached hydrogens (tertiary/aromatic N) is 1. The van der Waals surface area contributed by atoms with E-state index >= 15 is 0 Å². The van der Waals surface area contributed by atoms with E-state index in [4.69, 9.17) is 0 Å². The largest absolute Gasteiger partial charge is 0.354 e. The Hall–Kier alpha value is -2.04. The standard InChI is InChI=1S/C17H25N3O2/c1-12(2)11-18-16(21)15-8-5-9-20(15)17(22)19-14-7-4-6-13(3)10-14/h4,6-7,10,12,15H,5,8-9,11H2,1-3H3,(H,18,21)(H,19,22)/t15-/m1/s1. The zero-order valence-electron chi connectivity index (χ0n) is 13.6. The molecule has 3 amide bonds. The summed E-state index contributed by atoms with van der Waals surface area (Å²) in [4.78, 5) is 26.3.